The second-order valence-electron chi connectivity index (χ2n) is 17.1. The van der Waals surface area contributed by atoms with Gasteiger partial charge in [0.05, 0.1) is 0 Å². The standard InChI is InChI=1S/C31H34.C21H30.C13H15N/c1-9-13-21(3)17-18-27(25-16-12-11-15-22(25)4)28-20-30-29(19-23(28)5)26(14-10-2)24(6)31(30,7)8;1-6-9-11-12-13-14-16-20(5)21(17-10-7-2)18-19(4)15-8-3;1-2-3-5-10-13(14)11-12-8-6-4-7-9-12/h9-20H,1,5H2,2-4,6-8H3;6,8-13,15,17H,1,3,7,14,16,18H2,2,4-5H3;2-10H,1,11,14H2/b14-10-,18-17-,21-13-,28-27-;11-9-,13-12?,17-10-,19-15-,21-20-;5-3-,13-10+. The van der Waals surface area contributed by atoms with Crippen molar-refractivity contribution in [2.24, 2.45) is 5.73 Å². The summed E-state index contributed by atoms with van der Waals surface area (Å²) in [5, 5.41) is 2.25. The van der Waals surface area contributed by atoms with Crippen molar-refractivity contribution in [1.29, 1.82) is 0 Å². The molecule has 0 aliphatic heterocycles. The summed E-state index contributed by atoms with van der Waals surface area (Å²) in [7, 11) is 0. The third-order valence-electron chi connectivity index (χ3n) is 11.5. The highest BCUT2D eigenvalue weighted by Crippen LogP contribution is 2.45. The predicted octanol–water partition coefficient (Wildman–Crippen LogP) is 16.6. The molecule has 344 valence electrons. The molecule has 0 heterocycles. The van der Waals surface area contributed by atoms with Crippen molar-refractivity contribution in [2.75, 3.05) is 0 Å². The minimum atomic E-state index is -0.00809. The van der Waals surface area contributed by atoms with Crippen LogP contribution in [0.5, 0.6) is 0 Å². The lowest BCUT2D eigenvalue weighted by Crippen LogP contribution is -2.29. The Morgan fingerprint density at radius 1 is 0.727 bits per heavy atom. The Labute approximate surface area is 401 Å². The summed E-state index contributed by atoms with van der Waals surface area (Å²) < 4.78 is 0. The van der Waals surface area contributed by atoms with Crippen LogP contribution in [0, 0.1) is 6.92 Å². The highest BCUT2D eigenvalue weighted by atomic mass is 14.6. The fourth-order valence-electron chi connectivity index (χ4n) is 7.51. The van der Waals surface area contributed by atoms with Crippen LogP contribution in [0.25, 0.3) is 17.7 Å². The molecule has 0 spiro atoms. The maximum absolute atomic E-state index is 5.82. The highest BCUT2D eigenvalue weighted by molar-refractivity contribution is 5.86. The Morgan fingerprint density at radius 3 is 2.03 bits per heavy atom. The maximum Gasteiger partial charge on any atom is 0.0125 e. The monoisotopic (exact) mass is 874 g/mol. The van der Waals surface area contributed by atoms with E-state index in [1.807, 2.05) is 66.8 Å². The van der Waals surface area contributed by atoms with Crippen molar-refractivity contribution in [3.63, 3.8) is 0 Å². The maximum atomic E-state index is 5.82. The summed E-state index contributed by atoms with van der Waals surface area (Å²) >= 11 is 0. The average Bonchev–Trinajstić information content (AvgIpc) is 3.47. The van der Waals surface area contributed by atoms with Gasteiger partial charge in [0.15, 0.2) is 0 Å². The van der Waals surface area contributed by atoms with E-state index in [0.717, 1.165) is 43.0 Å². The third-order valence-corrected chi connectivity index (χ3v) is 11.5. The molecule has 1 aliphatic rings. The molecule has 0 bridgehead atoms. The number of allylic oxidation sites excluding steroid dienone is 26. The van der Waals surface area contributed by atoms with E-state index >= 15 is 0 Å². The first-order chi connectivity index (χ1) is 31.7. The van der Waals surface area contributed by atoms with E-state index < -0.39 is 0 Å². The van der Waals surface area contributed by atoms with Gasteiger partial charge in [-0.25, -0.2) is 0 Å². The van der Waals surface area contributed by atoms with Gasteiger partial charge in [0, 0.05) is 17.5 Å². The number of aryl methyl sites for hydroxylation is 1. The SMILES string of the molecule is C=C/C=C\C=C(\N)Cc1ccccc1.C=C/C=C\C=CCC/C(C)=C(/C=C\CC)C/C(C)=C\C=C.C=C\C=C(C)/C=C\C(c1ccccc1C)=c1/cc2c(cc1=C)C(/C=C\C)=C(C)C2(C)C. The lowest BCUT2D eigenvalue weighted by atomic mass is 9.81. The number of benzene rings is 3. The van der Waals surface area contributed by atoms with Crippen LogP contribution in [0.2, 0.25) is 0 Å². The Kier molecular flexibility index (Phi) is 25.6. The summed E-state index contributed by atoms with van der Waals surface area (Å²) in [5.74, 6) is 0. The first-order valence-electron chi connectivity index (χ1n) is 23.3. The van der Waals surface area contributed by atoms with Crippen molar-refractivity contribution in [3.05, 3.63) is 280 Å². The van der Waals surface area contributed by atoms with Crippen LogP contribution in [0.4, 0.5) is 0 Å². The number of fused-ring (bicyclic) bond motifs is 1. The van der Waals surface area contributed by atoms with E-state index in [0.29, 0.717) is 0 Å². The van der Waals surface area contributed by atoms with Crippen molar-refractivity contribution < 1.29 is 0 Å². The van der Waals surface area contributed by atoms with Gasteiger partial charge in [-0.15, -0.1) is 0 Å². The van der Waals surface area contributed by atoms with Crippen LogP contribution >= 0.6 is 0 Å². The molecule has 0 radical (unpaired) electrons. The highest BCUT2D eigenvalue weighted by Gasteiger charge is 2.34. The normalized spacial score (nSPS) is 15.0. The van der Waals surface area contributed by atoms with Gasteiger partial charge in [0.2, 0.25) is 0 Å². The zero-order valence-electron chi connectivity index (χ0n) is 42.0. The van der Waals surface area contributed by atoms with Crippen molar-refractivity contribution >= 4 is 17.7 Å². The predicted molar refractivity (Wildman–Crippen MR) is 299 cm³/mol. The summed E-state index contributed by atoms with van der Waals surface area (Å²) in [6.07, 6.45) is 43.5. The van der Waals surface area contributed by atoms with Gasteiger partial charge in [0.25, 0.3) is 0 Å². The molecule has 0 unspecified atom stereocenters. The van der Waals surface area contributed by atoms with Gasteiger partial charge >= 0.3 is 0 Å². The van der Waals surface area contributed by atoms with Crippen molar-refractivity contribution in [3.8, 4) is 0 Å². The molecule has 1 heteroatoms. The van der Waals surface area contributed by atoms with Crippen LogP contribution in [0.1, 0.15) is 109 Å². The number of hydrogen-bond acceptors (Lipinski definition) is 1. The molecule has 0 saturated heterocycles. The molecule has 4 rings (SSSR count). The summed E-state index contributed by atoms with van der Waals surface area (Å²) in [6.45, 7) is 39.1. The molecule has 0 fully saturated rings. The molecular weight excluding hydrogens is 795 g/mol. The zero-order chi connectivity index (χ0) is 48.9. The smallest absolute Gasteiger partial charge is 0.0125 e. The molecular formula is C65H79N. The van der Waals surface area contributed by atoms with E-state index in [9.17, 15) is 0 Å². The minimum Gasteiger partial charge on any atom is -0.402 e. The summed E-state index contributed by atoms with van der Waals surface area (Å²) in [6, 6.07) is 23.4. The van der Waals surface area contributed by atoms with Crippen LogP contribution < -0.4 is 16.2 Å². The van der Waals surface area contributed by atoms with Gasteiger partial charge in [-0.3, -0.25) is 0 Å². The van der Waals surface area contributed by atoms with E-state index in [4.69, 9.17) is 5.73 Å². The number of hydrogen-bond donors (Lipinski definition) is 1. The average molecular weight is 874 g/mol. The van der Waals surface area contributed by atoms with E-state index in [2.05, 4.69) is 198 Å². The third kappa shape index (κ3) is 18.4. The molecule has 1 nitrogen and oxygen atoms in total. The molecule has 0 amide bonds. The van der Waals surface area contributed by atoms with Crippen molar-refractivity contribution in [2.45, 2.75) is 99.8 Å². The minimum absolute atomic E-state index is 0.00809. The van der Waals surface area contributed by atoms with Crippen LogP contribution in [0.15, 0.2) is 242 Å². The molecule has 3 aromatic carbocycles. The largest absolute Gasteiger partial charge is 0.402 e. The molecule has 2 N–H and O–H groups in total. The van der Waals surface area contributed by atoms with E-state index in [1.54, 1.807) is 12.2 Å². The molecule has 3 aromatic rings. The Bertz CT molecular complexity index is 2560. The number of rotatable bonds is 19. The Morgan fingerprint density at radius 2 is 1.39 bits per heavy atom. The van der Waals surface area contributed by atoms with Crippen molar-refractivity contribution in [1.82, 2.24) is 0 Å². The Hall–Kier alpha value is -6.70. The fourth-order valence-corrected chi connectivity index (χ4v) is 7.51. The number of nitrogens with two attached hydrogens (primary N) is 1. The Balaban J connectivity index is 0.000000370. The van der Waals surface area contributed by atoms with Crippen LogP contribution in [-0.4, -0.2) is 0 Å². The van der Waals surface area contributed by atoms with Crippen LogP contribution in [-0.2, 0) is 11.8 Å². The second-order valence-corrected chi connectivity index (χ2v) is 17.1. The van der Waals surface area contributed by atoms with Crippen LogP contribution in [0.3, 0.4) is 0 Å². The topological polar surface area (TPSA) is 26.0 Å². The fraction of sp³-hybridized carbons (Fsp3) is 0.231. The lowest BCUT2D eigenvalue weighted by Gasteiger charge is -2.22. The molecule has 1 aliphatic carbocycles. The van der Waals surface area contributed by atoms with Gasteiger partial charge in [0.1, 0.15) is 0 Å². The molecule has 0 atom stereocenters. The first kappa shape index (κ1) is 55.4. The second kappa shape index (κ2) is 30.4. The molecule has 0 saturated carbocycles. The van der Waals surface area contributed by atoms with Gasteiger partial charge in [-0.2, -0.15) is 0 Å². The van der Waals surface area contributed by atoms with Gasteiger partial charge in [-0.1, -0.05) is 240 Å². The first-order valence-corrected chi connectivity index (χ1v) is 23.3. The van der Waals surface area contributed by atoms with E-state index in [-0.39, 0.29) is 5.41 Å². The summed E-state index contributed by atoms with van der Waals surface area (Å²) in [4.78, 5) is 0. The zero-order valence-corrected chi connectivity index (χ0v) is 42.0. The van der Waals surface area contributed by atoms with Gasteiger partial charge in [-0.05, 0) is 140 Å². The molecule has 0 aromatic heterocycles. The van der Waals surface area contributed by atoms with Gasteiger partial charge < -0.3 is 5.73 Å². The lowest BCUT2D eigenvalue weighted by molar-refractivity contribution is 0.638. The summed E-state index contributed by atoms with van der Waals surface area (Å²) in [5.41, 5.74) is 22.4. The van der Waals surface area contributed by atoms with E-state index in [1.165, 1.54) is 72.0 Å². The molecule has 66 heavy (non-hydrogen) atoms. The quantitative estimate of drug-likeness (QED) is 0.119.